The first-order chi connectivity index (χ1) is 15.1. The maximum absolute atomic E-state index is 15.1. The lowest BCUT2D eigenvalue weighted by molar-refractivity contribution is 0.0954. The highest BCUT2D eigenvalue weighted by Crippen LogP contribution is 2.40. The summed E-state index contributed by atoms with van der Waals surface area (Å²) in [6, 6.07) is 22.5. The molecule has 4 rings (SSSR count). The summed E-state index contributed by atoms with van der Waals surface area (Å²) in [5, 5.41) is 12.2. The number of nitrogens with one attached hydrogen (secondary N) is 1. The van der Waals surface area contributed by atoms with Gasteiger partial charge in [0.1, 0.15) is 5.82 Å². The Morgan fingerprint density at radius 1 is 1.06 bits per heavy atom. The van der Waals surface area contributed by atoms with Crippen molar-refractivity contribution in [3.05, 3.63) is 94.6 Å². The fourth-order valence-electron chi connectivity index (χ4n) is 3.43. The zero-order chi connectivity index (χ0) is 21.8. The van der Waals surface area contributed by atoms with Gasteiger partial charge in [0.25, 0.3) is 5.91 Å². The zero-order valence-corrected chi connectivity index (χ0v) is 17.3. The summed E-state index contributed by atoms with van der Waals surface area (Å²) < 4.78 is 30.1. The molecule has 4 aromatic rings. The van der Waals surface area contributed by atoms with E-state index in [9.17, 15) is 9.18 Å². The summed E-state index contributed by atoms with van der Waals surface area (Å²) in [5.41, 5.74) is 2.21. The number of halogens is 2. The predicted molar refractivity (Wildman–Crippen MR) is 119 cm³/mol. The molecule has 0 aliphatic rings. The van der Waals surface area contributed by atoms with Crippen LogP contribution < -0.4 is 5.32 Å². The van der Waals surface area contributed by atoms with Crippen LogP contribution in [0.15, 0.2) is 72.8 Å². The maximum Gasteiger partial charge on any atom is 0.251 e. The lowest BCUT2D eigenvalue weighted by Crippen LogP contribution is -2.24. The van der Waals surface area contributed by atoms with Crippen LogP contribution in [-0.4, -0.2) is 12.5 Å². The summed E-state index contributed by atoms with van der Waals surface area (Å²) in [7, 11) is 0. The predicted octanol–water partition coefficient (Wildman–Crippen LogP) is 6.41. The topological polar surface area (TPSA) is 52.9 Å². The molecule has 1 aromatic heterocycles. The molecule has 0 saturated heterocycles. The molecule has 3 aromatic carbocycles. The molecule has 1 heterocycles. The van der Waals surface area contributed by atoms with Gasteiger partial charge in [0.05, 0.1) is 12.5 Å². The molecule has 0 fully saturated rings. The number of alkyl halides is 1. The highest BCUT2D eigenvalue weighted by molar-refractivity contribution is 7.19. The van der Waals surface area contributed by atoms with E-state index in [1.54, 1.807) is 30.3 Å². The van der Waals surface area contributed by atoms with Gasteiger partial charge >= 0.3 is 0 Å². The number of nitriles is 1. The standard InChI is InChI=1S/C25H18F2N2OS/c26-21-11-2-1-9-20(21)23(27)22-15-17-7-4-10-19(24(17)31-22)16-6-3-8-18(14-16)25(30)29-13-5-12-28/h1-4,6-11,14-15,23H,5,13H2,(H,29,30). The summed E-state index contributed by atoms with van der Waals surface area (Å²) in [5.74, 6) is -0.817. The van der Waals surface area contributed by atoms with E-state index in [1.165, 1.54) is 29.5 Å². The molecule has 0 aliphatic heterocycles. The number of fused-ring (bicyclic) bond motifs is 1. The monoisotopic (exact) mass is 432 g/mol. The van der Waals surface area contributed by atoms with Gasteiger partial charge in [-0.15, -0.1) is 11.3 Å². The van der Waals surface area contributed by atoms with Crippen LogP contribution >= 0.6 is 11.3 Å². The second-order valence-electron chi connectivity index (χ2n) is 7.00. The molecule has 6 heteroatoms. The van der Waals surface area contributed by atoms with Gasteiger partial charge in [-0.2, -0.15) is 5.26 Å². The first-order valence-electron chi connectivity index (χ1n) is 9.75. The highest BCUT2D eigenvalue weighted by Gasteiger charge is 2.20. The van der Waals surface area contributed by atoms with E-state index in [0.717, 1.165) is 21.2 Å². The SMILES string of the molecule is N#CCCNC(=O)c1cccc(-c2cccc3cc(C(F)c4ccccc4F)sc23)c1. The van der Waals surface area contributed by atoms with Crippen molar-refractivity contribution in [1.82, 2.24) is 5.32 Å². The molecule has 31 heavy (non-hydrogen) atoms. The van der Waals surface area contributed by atoms with Crippen molar-refractivity contribution >= 4 is 27.3 Å². The smallest absolute Gasteiger partial charge is 0.251 e. The third kappa shape index (κ3) is 4.32. The van der Waals surface area contributed by atoms with E-state index in [-0.39, 0.29) is 24.4 Å². The Hall–Kier alpha value is -3.56. The largest absolute Gasteiger partial charge is 0.351 e. The van der Waals surface area contributed by atoms with Crippen LogP contribution in [0.25, 0.3) is 21.2 Å². The van der Waals surface area contributed by atoms with Gasteiger partial charge in [0.2, 0.25) is 0 Å². The minimum Gasteiger partial charge on any atom is -0.351 e. The lowest BCUT2D eigenvalue weighted by Gasteiger charge is -2.08. The number of carbonyl (C=O) groups is 1. The second-order valence-corrected chi connectivity index (χ2v) is 8.09. The zero-order valence-electron chi connectivity index (χ0n) is 16.4. The molecule has 1 amide bonds. The average Bonchev–Trinajstić information content (AvgIpc) is 3.23. The van der Waals surface area contributed by atoms with Crippen molar-refractivity contribution in [3.63, 3.8) is 0 Å². The molecule has 1 atom stereocenters. The molecule has 0 bridgehead atoms. The minimum absolute atomic E-state index is 0.0200. The Kier molecular flexibility index (Phi) is 6.06. The Morgan fingerprint density at radius 2 is 1.87 bits per heavy atom. The molecule has 3 nitrogen and oxygen atoms in total. The molecule has 1 N–H and O–H groups in total. The van der Waals surface area contributed by atoms with Crippen molar-refractivity contribution in [1.29, 1.82) is 5.26 Å². The number of benzene rings is 3. The molecule has 154 valence electrons. The van der Waals surface area contributed by atoms with Crippen molar-refractivity contribution in [2.75, 3.05) is 6.54 Å². The van der Waals surface area contributed by atoms with E-state index in [0.29, 0.717) is 10.4 Å². The van der Waals surface area contributed by atoms with Gasteiger partial charge in [-0.1, -0.05) is 48.5 Å². The highest BCUT2D eigenvalue weighted by atomic mass is 32.1. The van der Waals surface area contributed by atoms with Crippen LogP contribution in [0.1, 0.15) is 33.4 Å². The number of carbonyl (C=O) groups excluding carboxylic acids is 1. The molecule has 0 spiro atoms. The molecular formula is C25H18F2N2OS. The normalized spacial score (nSPS) is 11.8. The van der Waals surface area contributed by atoms with E-state index >= 15 is 4.39 Å². The van der Waals surface area contributed by atoms with Crippen LogP contribution in [-0.2, 0) is 0 Å². The van der Waals surface area contributed by atoms with Crippen LogP contribution in [0.4, 0.5) is 8.78 Å². The molecule has 0 radical (unpaired) electrons. The number of amides is 1. The van der Waals surface area contributed by atoms with Crippen molar-refractivity contribution < 1.29 is 13.6 Å². The summed E-state index contributed by atoms with van der Waals surface area (Å²) >= 11 is 1.28. The van der Waals surface area contributed by atoms with Crippen molar-refractivity contribution in [2.24, 2.45) is 0 Å². The lowest BCUT2D eigenvalue weighted by atomic mass is 10.0. The van der Waals surface area contributed by atoms with Gasteiger partial charge in [-0.05, 0) is 40.8 Å². The van der Waals surface area contributed by atoms with Crippen LogP contribution in [0.3, 0.4) is 0 Å². The molecular weight excluding hydrogens is 414 g/mol. The number of hydrogen-bond donors (Lipinski definition) is 1. The van der Waals surface area contributed by atoms with E-state index in [1.807, 2.05) is 30.3 Å². The minimum atomic E-state index is -1.55. The van der Waals surface area contributed by atoms with Crippen molar-refractivity contribution in [3.8, 4) is 17.2 Å². The Morgan fingerprint density at radius 3 is 2.68 bits per heavy atom. The maximum atomic E-state index is 15.1. The Bertz CT molecular complexity index is 1290. The number of rotatable bonds is 6. The van der Waals surface area contributed by atoms with Crippen LogP contribution in [0.5, 0.6) is 0 Å². The average molecular weight is 432 g/mol. The number of hydrogen-bond acceptors (Lipinski definition) is 3. The number of nitrogens with zero attached hydrogens (tertiary/aromatic N) is 1. The summed E-state index contributed by atoms with van der Waals surface area (Å²) in [6.07, 6.45) is -1.31. The van der Waals surface area contributed by atoms with Gasteiger partial charge in [-0.3, -0.25) is 4.79 Å². The van der Waals surface area contributed by atoms with E-state index < -0.39 is 12.0 Å². The van der Waals surface area contributed by atoms with E-state index in [2.05, 4.69) is 5.32 Å². The molecule has 1 unspecified atom stereocenters. The third-order valence-electron chi connectivity index (χ3n) is 4.95. The first kappa shape index (κ1) is 20.7. The van der Waals surface area contributed by atoms with Gasteiger partial charge < -0.3 is 5.32 Å². The Labute approximate surface area is 182 Å². The van der Waals surface area contributed by atoms with E-state index in [4.69, 9.17) is 5.26 Å². The fraction of sp³-hybridized carbons (Fsp3) is 0.120. The van der Waals surface area contributed by atoms with Crippen LogP contribution in [0, 0.1) is 17.1 Å². The quantitative estimate of drug-likeness (QED) is 0.358. The summed E-state index contributed by atoms with van der Waals surface area (Å²) in [6.45, 7) is 0.289. The van der Waals surface area contributed by atoms with Gasteiger partial charge in [-0.25, -0.2) is 8.78 Å². The number of thiophene rings is 1. The summed E-state index contributed by atoms with van der Waals surface area (Å²) in [4.78, 5) is 12.8. The second kappa shape index (κ2) is 9.07. The van der Waals surface area contributed by atoms with Crippen molar-refractivity contribution in [2.45, 2.75) is 12.6 Å². The first-order valence-corrected chi connectivity index (χ1v) is 10.6. The van der Waals surface area contributed by atoms with Crippen LogP contribution in [0.2, 0.25) is 0 Å². The molecule has 0 saturated carbocycles. The Balaban J connectivity index is 1.70. The third-order valence-corrected chi connectivity index (χ3v) is 6.17. The fourth-order valence-corrected chi connectivity index (χ4v) is 4.62. The van der Waals surface area contributed by atoms with Gasteiger partial charge in [0, 0.05) is 27.2 Å². The molecule has 0 aliphatic carbocycles. The van der Waals surface area contributed by atoms with Gasteiger partial charge in [0.15, 0.2) is 6.17 Å².